The normalized spacial score (nSPS) is 10.8. The molecule has 0 fully saturated rings. The minimum atomic E-state index is -0.747. The first-order chi connectivity index (χ1) is 9.41. The molecule has 0 aromatic heterocycles. The van der Waals surface area contributed by atoms with E-state index in [1.54, 1.807) is 6.07 Å². The molecular weight excluding hydrogens is 279 g/mol. The summed E-state index contributed by atoms with van der Waals surface area (Å²) in [5.74, 6) is -0.0614. The molecule has 4 N–H and O–H groups in total. The molecule has 2 aromatic rings. The summed E-state index contributed by atoms with van der Waals surface area (Å²) in [7, 11) is 0. The van der Waals surface area contributed by atoms with Gasteiger partial charge in [-0.05, 0) is 23.6 Å². The molecule has 2 rings (SSSR count). The van der Waals surface area contributed by atoms with E-state index in [9.17, 15) is 4.39 Å². The number of hydrogen-bond acceptors (Lipinski definition) is 3. The fourth-order valence-electron chi connectivity index (χ4n) is 1.91. The van der Waals surface area contributed by atoms with Gasteiger partial charge >= 0.3 is 0 Å². The molecule has 0 amide bonds. The summed E-state index contributed by atoms with van der Waals surface area (Å²) in [4.78, 5) is 0. The van der Waals surface area contributed by atoms with Gasteiger partial charge in [-0.15, -0.1) is 0 Å². The van der Waals surface area contributed by atoms with Gasteiger partial charge in [-0.2, -0.15) is 0 Å². The van der Waals surface area contributed by atoms with E-state index in [0.717, 1.165) is 5.56 Å². The smallest absolute Gasteiger partial charge is 0.188 e. The lowest BCUT2D eigenvalue weighted by molar-refractivity contribution is 0.438. The molecule has 0 unspecified atom stereocenters. The Morgan fingerprint density at radius 1 is 1.15 bits per heavy atom. The van der Waals surface area contributed by atoms with E-state index in [4.69, 9.17) is 27.8 Å². The second kappa shape index (κ2) is 5.59. The Kier molecular flexibility index (Phi) is 4.04. The Morgan fingerprint density at radius 3 is 2.45 bits per heavy atom. The second-order valence-corrected chi connectivity index (χ2v) is 5.18. The van der Waals surface area contributed by atoms with Crippen molar-refractivity contribution in [3.05, 3.63) is 46.7 Å². The molecule has 106 valence electrons. The molecule has 5 heteroatoms. The minimum absolute atomic E-state index is 0.0890. The fraction of sp³-hybridized carbons (Fsp3) is 0.200. The molecule has 0 aliphatic rings. The standard InChI is InChI=1S/C15H16ClFN2O/c1-8(2)9-5-3-4-6-12(9)20-15-11(19)7-10(18)13(16)14(15)17/h3-8H,18-19H2,1-2H3. The van der Waals surface area contributed by atoms with Crippen LogP contribution in [-0.4, -0.2) is 0 Å². The summed E-state index contributed by atoms with van der Waals surface area (Å²) in [5, 5.41) is -0.184. The highest BCUT2D eigenvalue weighted by atomic mass is 35.5. The summed E-state index contributed by atoms with van der Waals surface area (Å²) in [6.45, 7) is 4.05. The van der Waals surface area contributed by atoms with Crippen LogP contribution in [0.5, 0.6) is 11.5 Å². The summed E-state index contributed by atoms with van der Waals surface area (Å²) in [5.41, 5.74) is 12.5. The molecule has 0 spiro atoms. The monoisotopic (exact) mass is 294 g/mol. The van der Waals surface area contributed by atoms with Crippen molar-refractivity contribution in [2.75, 3.05) is 11.5 Å². The van der Waals surface area contributed by atoms with Gasteiger partial charge in [-0.1, -0.05) is 43.6 Å². The zero-order chi connectivity index (χ0) is 14.9. The third-order valence-corrected chi connectivity index (χ3v) is 3.36. The van der Waals surface area contributed by atoms with Gasteiger partial charge in [0.2, 0.25) is 0 Å². The Balaban J connectivity index is 2.49. The van der Waals surface area contributed by atoms with Gasteiger partial charge in [0.25, 0.3) is 0 Å². The maximum absolute atomic E-state index is 14.1. The molecule has 0 aliphatic heterocycles. The van der Waals surface area contributed by atoms with E-state index in [2.05, 4.69) is 0 Å². The van der Waals surface area contributed by atoms with Crippen molar-refractivity contribution < 1.29 is 9.13 Å². The van der Waals surface area contributed by atoms with Crippen molar-refractivity contribution in [1.82, 2.24) is 0 Å². The zero-order valence-electron chi connectivity index (χ0n) is 11.3. The quantitative estimate of drug-likeness (QED) is 0.816. The first-order valence-electron chi connectivity index (χ1n) is 6.21. The largest absolute Gasteiger partial charge is 0.452 e. The van der Waals surface area contributed by atoms with Crippen LogP contribution in [0.3, 0.4) is 0 Å². The van der Waals surface area contributed by atoms with Crippen LogP contribution in [0, 0.1) is 5.82 Å². The first kappa shape index (κ1) is 14.5. The molecule has 20 heavy (non-hydrogen) atoms. The van der Waals surface area contributed by atoms with Gasteiger partial charge in [0.1, 0.15) is 10.8 Å². The molecule has 3 nitrogen and oxygen atoms in total. The highest BCUT2D eigenvalue weighted by molar-refractivity contribution is 6.33. The van der Waals surface area contributed by atoms with Crippen molar-refractivity contribution in [2.24, 2.45) is 0 Å². The number of nitrogen functional groups attached to an aromatic ring is 2. The van der Waals surface area contributed by atoms with Gasteiger partial charge < -0.3 is 16.2 Å². The van der Waals surface area contributed by atoms with E-state index in [0.29, 0.717) is 5.75 Å². The third kappa shape index (κ3) is 2.65. The second-order valence-electron chi connectivity index (χ2n) is 4.81. The van der Waals surface area contributed by atoms with Crippen LogP contribution >= 0.6 is 11.6 Å². The predicted octanol–water partition coefficient (Wildman–Crippen LogP) is 4.56. The van der Waals surface area contributed by atoms with E-state index in [-0.39, 0.29) is 28.1 Å². The van der Waals surface area contributed by atoms with Crippen LogP contribution in [0.25, 0.3) is 0 Å². The number of anilines is 2. The van der Waals surface area contributed by atoms with Crippen LogP contribution in [0.15, 0.2) is 30.3 Å². The van der Waals surface area contributed by atoms with Crippen molar-refractivity contribution in [1.29, 1.82) is 0 Å². The molecule has 0 saturated heterocycles. The van der Waals surface area contributed by atoms with Crippen LogP contribution < -0.4 is 16.2 Å². The maximum atomic E-state index is 14.1. The van der Waals surface area contributed by atoms with Gasteiger partial charge in [0.05, 0.1) is 11.4 Å². The highest BCUT2D eigenvalue weighted by Gasteiger charge is 2.18. The average molecular weight is 295 g/mol. The summed E-state index contributed by atoms with van der Waals surface area (Å²) in [6.07, 6.45) is 0. The predicted molar refractivity (Wildman–Crippen MR) is 80.8 cm³/mol. The van der Waals surface area contributed by atoms with Crippen LogP contribution in [-0.2, 0) is 0 Å². The molecule has 0 bridgehead atoms. The molecular formula is C15H16ClFN2O. The molecule has 0 aliphatic carbocycles. The molecule has 0 atom stereocenters. The fourth-order valence-corrected chi connectivity index (χ4v) is 2.05. The molecule has 0 saturated carbocycles. The van der Waals surface area contributed by atoms with Crippen LogP contribution in [0.4, 0.5) is 15.8 Å². The zero-order valence-corrected chi connectivity index (χ0v) is 12.0. The molecule has 2 aromatic carbocycles. The van der Waals surface area contributed by atoms with Gasteiger partial charge in [-0.3, -0.25) is 0 Å². The summed E-state index contributed by atoms with van der Waals surface area (Å²) in [6, 6.07) is 8.79. The van der Waals surface area contributed by atoms with Crippen LogP contribution in [0.1, 0.15) is 25.3 Å². The van der Waals surface area contributed by atoms with Gasteiger partial charge in [-0.25, -0.2) is 4.39 Å². The lowest BCUT2D eigenvalue weighted by Crippen LogP contribution is -2.01. The minimum Gasteiger partial charge on any atom is -0.452 e. The third-order valence-electron chi connectivity index (χ3n) is 2.97. The van der Waals surface area contributed by atoms with Crippen molar-refractivity contribution >= 4 is 23.0 Å². The van der Waals surface area contributed by atoms with Crippen molar-refractivity contribution in [3.8, 4) is 11.5 Å². The first-order valence-corrected chi connectivity index (χ1v) is 6.59. The number of hydrogen-bond donors (Lipinski definition) is 2. The van der Waals surface area contributed by atoms with Gasteiger partial charge in [0, 0.05) is 0 Å². The number of benzene rings is 2. The van der Waals surface area contributed by atoms with E-state index in [1.807, 2.05) is 32.0 Å². The van der Waals surface area contributed by atoms with E-state index in [1.165, 1.54) is 6.07 Å². The Bertz CT molecular complexity index is 644. The van der Waals surface area contributed by atoms with Crippen LogP contribution in [0.2, 0.25) is 5.02 Å². The molecule has 0 heterocycles. The SMILES string of the molecule is CC(C)c1ccccc1Oc1c(N)cc(N)c(Cl)c1F. The van der Waals surface area contributed by atoms with E-state index < -0.39 is 5.82 Å². The molecule has 0 radical (unpaired) electrons. The Labute approximate surface area is 122 Å². The highest BCUT2D eigenvalue weighted by Crippen LogP contribution is 2.39. The van der Waals surface area contributed by atoms with Crippen molar-refractivity contribution in [2.45, 2.75) is 19.8 Å². The topological polar surface area (TPSA) is 61.3 Å². The van der Waals surface area contributed by atoms with Crippen molar-refractivity contribution in [3.63, 3.8) is 0 Å². The Hall–Kier alpha value is -1.94. The number of rotatable bonds is 3. The Morgan fingerprint density at radius 2 is 1.80 bits per heavy atom. The lowest BCUT2D eigenvalue weighted by Gasteiger charge is -2.16. The number of ether oxygens (including phenoxy) is 1. The number of nitrogens with two attached hydrogens (primary N) is 2. The average Bonchev–Trinajstić information content (AvgIpc) is 2.41. The lowest BCUT2D eigenvalue weighted by atomic mass is 10.0. The van der Waals surface area contributed by atoms with E-state index >= 15 is 0 Å². The summed E-state index contributed by atoms with van der Waals surface area (Å²) >= 11 is 5.79. The van der Waals surface area contributed by atoms with Gasteiger partial charge in [0.15, 0.2) is 11.6 Å². The summed E-state index contributed by atoms with van der Waals surface area (Å²) < 4.78 is 19.8. The maximum Gasteiger partial charge on any atom is 0.188 e. The number of halogens is 2. The number of para-hydroxylation sites is 1.